The Bertz CT molecular complexity index is 418. The fourth-order valence-corrected chi connectivity index (χ4v) is 2.46. The second-order valence-electron chi connectivity index (χ2n) is 6.72. The van der Waals surface area contributed by atoms with Crippen LogP contribution in [0.2, 0.25) is 0 Å². The lowest BCUT2D eigenvalue weighted by Gasteiger charge is -2.31. The molecule has 6 heteroatoms. The predicted octanol–water partition coefficient (Wildman–Crippen LogP) is 1.95. The molecule has 0 spiro atoms. The molecule has 1 aromatic rings. The number of anilines is 1. The fourth-order valence-electron chi connectivity index (χ4n) is 2.46. The molecule has 1 aliphatic rings. The summed E-state index contributed by atoms with van der Waals surface area (Å²) in [6, 6.07) is 0. The Kier molecular flexibility index (Phi) is 5.58. The molecular weight excluding hydrogens is 266 g/mol. The van der Waals surface area contributed by atoms with Gasteiger partial charge in [-0.2, -0.15) is 4.98 Å². The second kappa shape index (κ2) is 7.22. The lowest BCUT2D eigenvalue weighted by molar-refractivity contribution is -0.0179. The van der Waals surface area contributed by atoms with Gasteiger partial charge in [-0.1, -0.05) is 6.92 Å². The summed E-state index contributed by atoms with van der Waals surface area (Å²) in [7, 11) is 0. The van der Waals surface area contributed by atoms with Crippen LogP contribution in [0, 0.1) is 5.92 Å². The monoisotopic (exact) mass is 295 g/mol. The number of hydrogen-bond acceptors (Lipinski definition) is 5. The van der Waals surface area contributed by atoms with Crippen LogP contribution in [-0.4, -0.2) is 47.0 Å². The summed E-state index contributed by atoms with van der Waals surface area (Å²) in [6.07, 6.45) is 2.41. The highest BCUT2D eigenvalue weighted by molar-refractivity contribution is 5.29. The maximum absolute atomic E-state index is 5.72. The number of H-pyrrole nitrogens is 1. The molecule has 2 rings (SSSR count). The van der Waals surface area contributed by atoms with E-state index in [0.29, 0.717) is 6.61 Å². The molecule has 6 nitrogen and oxygen atoms in total. The minimum Gasteiger partial charge on any atom is -0.368 e. The van der Waals surface area contributed by atoms with Gasteiger partial charge in [0, 0.05) is 13.1 Å². The van der Waals surface area contributed by atoms with Gasteiger partial charge in [0.2, 0.25) is 5.95 Å². The van der Waals surface area contributed by atoms with Gasteiger partial charge in [-0.3, -0.25) is 5.10 Å². The second-order valence-corrected chi connectivity index (χ2v) is 6.72. The molecule has 0 aromatic carbocycles. The van der Waals surface area contributed by atoms with Gasteiger partial charge < -0.3 is 15.0 Å². The van der Waals surface area contributed by atoms with Crippen molar-refractivity contribution in [3.63, 3.8) is 0 Å². The van der Waals surface area contributed by atoms with Gasteiger partial charge in [0.1, 0.15) is 6.61 Å². The molecule has 0 unspecified atom stereocenters. The van der Waals surface area contributed by atoms with Crippen molar-refractivity contribution >= 4 is 5.95 Å². The number of piperidine rings is 1. The number of aromatic amines is 1. The summed E-state index contributed by atoms with van der Waals surface area (Å²) in [5, 5.41) is 10.7. The van der Waals surface area contributed by atoms with Crippen LogP contribution in [0.25, 0.3) is 0 Å². The highest BCUT2D eigenvalue weighted by Gasteiger charge is 2.22. The SMILES string of the molecule is CCNCC1CCN(c2n[nH]c(COC(C)(C)C)n2)CC1. The molecule has 2 heterocycles. The summed E-state index contributed by atoms with van der Waals surface area (Å²) in [6.45, 7) is 13.0. The van der Waals surface area contributed by atoms with Crippen LogP contribution in [0.5, 0.6) is 0 Å². The van der Waals surface area contributed by atoms with Gasteiger partial charge in [0.15, 0.2) is 5.82 Å². The molecule has 21 heavy (non-hydrogen) atoms. The first-order valence-corrected chi connectivity index (χ1v) is 7.99. The summed E-state index contributed by atoms with van der Waals surface area (Å²) in [5.41, 5.74) is -0.155. The molecule has 1 aliphatic heterocycles. The van der Waals surface area contributed by atoms with Crippen molar-refractivity contribution < 1.29 is 4.74 Å². The normalized spacial score (nSPS) is 17.4. The third kappa shape index (κ3) is 5.28. The fraction of sp³-hybridized carbons (Fsp3) is 0.867. The van der Waals surface area contributed by atoms with Crippen molar-refractivity contribution in [2.45, 2.75) is 52.7 Å². The van der Waals surface area contributed by atoms with Crippen LogP contribution in [0.1, 0.15) is 46.4 Å². The number of nitrogens with one attached hydrogen (secondary N) is 2. The van der Waals surface area contributed by atoms with Crippen molar-refractivity contribution in [1.82, 2.24) is 20.5 Å². The average Bonchev–Trinajstić information content (AvgIpc) is 2.92. The average molecular weight is 295 g/mol. The molecule has 0 aliphatic carbocycles. The highest BCUT2D eigenvalue weighted by Crippen LogP contribution is 2.20. The van der Waals surface area contributed by atoms with E-state index in [1.165, 1.54) is 12.8 Å². The minimum atomic E-state index is -0.155. The Morgan fingerprint density at radius 3 is 2.67 bits per heavy atom. The molecule has 1 saturated heterocycles. The summed E-state index contributed by atoms with van der Waals surface area (Å²) in [5.74, 6) is 2.39. The van der Waals surface area contributed by atoms with Crippen LogP contribution in [0.15, 0.2) is 0 Å². The molecule has 120 valence electrons. The Labute approximate surface area is 127 Å². The van der Waals surface area contributed by atoms with E-state index in [1.807, 2.05) is 20.8 Å². The summed E-state index contributed by atoms with van der Waals surface area (Å²) in [4.78, 5) is 6.81. The van der Waals surface area contributed by atoms with Crippen LogP contribution in [0.4, 0.5) is 5.95 Å². The number of nitrogens with zero attached hydrogens (tertiary/aromatic N) is 3. The minimum absolute atomic E-state index is 0.155. The van der Waals surface area contributed by atoms with Crippen molar-refractivity contribution in [1.29, 1.82) is 0 Å². The van der Waals surface area contributed by atoms with Crippen molar-refractivity contribution in [2.75, 3.05) is 31.1 Å². The highest BCUT2D eigenvalue weighted by atomic mass is 16.5. The van der Waals surface area contributed by atoms with Crippen molar-refractivity contribution in [2.24, 2.45) is 5.92 Å². The molecule has 0 amide bonds. The number of rotatable bonds is 6. The van der Waals surface area contributed by atoms with Crippen LogP contribution < -0.4 is 10.2 Å². The lowest BCUT2D eigenvalue weighted by Crippen LogP contribution is -2.37. The van der Waals surface area contributed by atoms with E-state index in [0.717, 1.165) is 43.9 Å². The van der Waals surface area contributed by atoms with E-state index in [-0.39, 0.29) is 5.60 Å². The van der Waals surface area contributed by atoms with Crippen molar-refractivity contribution in [3.8, 4) is 0 Å². The van der Waals surface area contributed by atoms with E-state index >= 15 is 0 Å². The molecule has 0 atom stereocenters. The summed E-state index contributed by atoms with van der Waals surface area (Å²) < 4.78 is 5.72. The maximum Gasteiger partial charge on any atom is 0.244 e. The smallest absolute Gasteiger partial charge is 0.244 e. The Morgan fingerprint density at radius 1 is 1.33 bits per heavy atom. The zero-order valence-electron chi connectivity index (χ0n) is 13.8. The van der Waals surface area contributed by atoms with Crippen LogP contribution in [0.3, 0.4) is 0 Å². The predicted molar refractivity (Wildman–Crippen MR) is 84.4 cm³/mol. The van der Waals surface area contributed by atoms with Gasteiger partial charge in [0.05, 0.1) is 5.60 Å². The van der Waals surface area contributed by atoms with Crippen LogP contribution >= 0.6 is 0 Å². The van der Waals surface area contributed by atoms with E-state index in [1.54, 1.807) is 0 Å². The maximum atomic E-state index is 5.72. The first-order chi connectivity index (χ1) is 9.98. The molecule has 0 radical (unpaired) electrons. The number of hydrogen-bond donors (Lipinski definition) is 2. The van der Waals surface area contributed by atoms with Crippen molar-refractivity contribution in [3.05, 3.63) is 5.82 Å². The standard InChI is InChI=1S/C15H29N5O/c1-5-16-10-12-6-8-20(9-7-12)14-17-13(18-19-14)11-21-15(2,3)4/h12,16H,5-11H2,1-4H3,(H,17,18,19). The largest absolute Gasteiger partial charge is 0.368 e. The molecule has 1 aromatic heterocycles. The quantitative estimate of drug-likeness (QED) is 0.839. The Balaban J connectivity index is 1.80. The topological polar surface area (TPSA) is 66.1 Å². The Morgan fingerprint density at radius 2 is 2.05 bits per heavy atom. The van der Waals surface area contributed by atoms with E-state index in [4.69, 9.17) is 4.74 Å². The summed E-state index contributed by atoms with van der Waals surface area (Å²) >= 11 is 0. The third-order valence-electron chi connectivity index (χ3n) is 3.74. The van der Waals surface area contributed by atoms with E-state index in [9.17, 15) is 0 Å². The lowest BCUT2D eigenvalue weighted by atomic mass is 9.97. The van der Waals surface area contributed by atoms with Gasteiger partial charge in [-0.15, -0.1) is 5.10 Å². The van der Waals surface area contributed by atoms with E-state index < -0.39 is 0 Å². The Hall–Kier alpha value is -1.14. The van der Waals surface area contributed by atoms with Gasteiger partial charge >= 0.3 is 0 Å². The van der Waals surface area contributed by atoms with Crippen LogP contribution in [-0.2, 0) is 11.3 Å². The molecular formula is C15H29N5O. The van der Waals surface area contributed by atoms with Gasteiger partial charge in [-0.25, -0.2) is 0 Å². The van der Waals surface area contributed by atoms with Gasteiger partial charge in [0.25, 0.3) is 0 Å². The number of aromatic nitrogens is 3. The molecule has 0 saturated carbocycles. The molecule has 1 fully saturated rings. The van der Waals surface area contributed by atoms with E-state index in [2.05, 4.69) is 32.3 Å². The van der Waals surface area contributed by atoms with Gasteiger partial charge in [-0.05, 0) is 52.6 Å². The zero-order valence-corrected chi connectivity index (χ0v) is 13.8. The first-order valence-electron chi connectivity index (χ1n) is 7.99. The number of ether oxygens (including phenoxy) is 1. The third-order valence-corrected chi connectivity index (χ3v) is 3.74. The molecule has 0 bridgehead atoms. The molecule has 2 N–H and O–H groups in total. The first kappa shape index (κ1) is 16.2. The zero-order chi connectivity index (χ0) is 15.3.